The van der Waals surface area contributed by atoms with Crippen LogP contribution in [-0.2, 0) is 0 Å². The molecule has 1 atom stereocenters. The molecular formula is C12H22ClN3. The van der Waals surface area contributed by atoms with Gasteiger partial charge in [-0.2, -0.15) is 5.10 Å². The second-order valence-corrected chi connectivity index (χ2v) is 5.64. The molecule has 0 bridgehead atoms. The lowest BCUT2D eigenvalue weighted by Crippen LogP contribution is -2.31. The van der Waals surface area contributed by atoms with Crippen LogP contribution in [0.1, 0.15) is 58.8 Å². The summed E-state index contributed by atoms with van der Waals surface area (Å²) in [5, 5.41) is 4.96. The molecule has 0 saturated heterocycles. The van der Waals surface area contributed by atoms with Crippen LogP contribution < -0.4 is 5.73 Å². The van der Waals surface area contributed by atoms with Crippen molar-refractivity contribution in [2.45, 2.75) is 53.1 Å². The van der Waals surface area contributed by atoms with Gasteiger partial charge in [-0.1, -0.05) is 32.4 Å². The summed E-state index contributed by atoms with van der Waals surface area (Å²) in [5.74, 6) is 0. The highest BCUT2D eigenvalue weighted by atomic mass is 35.5. The molecule has 0 amide bonds. The van der Waals surface area contributed by atoms with Gasteiger partial charge in [-0.05, 0) is 25.7 Å². The summed E-state index contributed by atoms with van der Waals surface area (Å²) in [7, 11) is 0. The molecule has 0 radical (unpaired) electrons. The number of hydrogen-bond acceptors (Lipinski definition) is 2. The van der Waals surface area contributed by atoms with Gasteiger partial charge in [0.1, 0.15) is 0 Å². The van der Waals surface area contributed by atoms with Gasteiger partial charge in [-0.25, -0.2) is 0 Å². The maximum absolute atomic E-state index is 6.32. The average Bonchev–Trinajstić information content (AvgIpc) is 2.59. The molecule has 3 nitrogen and oxygen atoms in total. The second kappa shape index (κ2) is 4.76. The largest absolute Gasteiger partial charge is 0.322 e. The van der Waals surface area contributed by atoms with Crippen LogP contribution in [-0.4, -0.2) is 9.78 Å². The Morgan fingerprint density at radius 3 is 2.50 bits per heavy atom. The Bertz CT molecular complexity index is 355. The van der Waals surface area contributed by atoms with Gasteiger partial charge in [0.2, 0.25) is 0 Å². The summed E-state index contributed by atoms with van der Waals surface area (Å²) in [4.78, 5) is 0. The molecule has 16 heavy (non-hydrogen) atoms. The molecule has 2 N–H and O–H groups in total. The van der Waals surface area contributed by atoms with Gasteiger partial charge < -0.3 is 5.73 Å². The monoisotopic (exact) mass is 243 g/mol. The van der Waals surface area contributed by atoms with Crippen molar-refractivity contribution in [3.05, 3.63) is 16.9 Å². The molecule has 0 aliphatic rings. The average molecular weight is 244 g/mol. The van der Waals surface area contributed by atoms with Crippen molar-refractivity contribution in [2.24, 2.45) is 11.1 Å². The van der Waals surface area contributed by atoms with E-state index in [1.165, 1.54) is 0 Å². The number of hydrogen-bond donors (Lipinski definition) is 1. The molecule has 1 rings (SSSR count). The SMILES string of the molecule is CCC(C)(C)C(N)c1c(Cl)cnn1C(C)C. The molecule has 1 aromatic heterocycles. The molecule has 0 aliphatic heterocycles. The third-order valence-corrected chi connectivity index (χ3v) is 3.62. The third-order valence-electron chi connectivity index (χ3n) is 3.32. The summed E-state index contributed by atoms with van der Waals surface area (Å²) in [6.45, 7) is 10.6. The molecule has 0 fully saturated rings. The summed E-state index contributed by atoms with van der Waals surface area (Å²) in [6, 6.07) is 0.191. The van der Waals surface area contributed by atoms with Crippen LogP contribution in [0.25, 0.3) is 0 Å². The minimum atomic E-state index is -0.0881. The van der Waals surface area contributed by atoms with Crippen LogP contribution >= 0.6 is 11.6 Å². The highest BCUT2D eigenvalue weighted by molar-refractivity contribution is 6.31. The molecule has 0 aliphatic carbocycles. The molecular weight excluding hydrogens is 222 g/mol. The van der Waals surface area contributed by atoms with Crippen LogP contribution in [0, 0.1) is 5.41 Å². The fraction of sp³-hybridized carbons (Fsp3) is 0.750. The standard InChI is InChI=1S/C12H22ClN3/c1-6-12(4,5)11(14)10-9(13)7-15-16(10)8(2)3/h7-8,11H,6,14H2,1-5H3. The van der Waals surface area contributed by atoms with E-state index in [0.717, 1.165) is 12.1 Å². The van der Waals surface area contributed by atoms with E-state index >= 15 is 0 Å². The summed E-state index contributed by atoms with van der Waals surface area (Å²) >= 11 is 6.18. The molecule has 0 saturated carbocycles. The summed E-state index contributed by atoms with van der Waals surface area (Å²) in [5.41, 5.74) is 7.29. The van der Waals surface area contributed by atoms with E-state index in [4.69, 9.17) is 17.3 Å². The topological polar surface area (TPSA) is 43.8 Å². The van der Waals surface area contributed by atoms with E-state index in [1.54, 1.807) is 6.20 Å². The molecule has 4 heteroatoms. The van der Waals surface area contributed by atoms with E-state index in [9.17, 15) is 0 Å². The van der Waals surface area contributed by atoms with E-state index in [0.29, 0.717) is 5.02 Å². The molecule has 1 aromatic rings. The van der Waals surface area contributed by atoms with Crippen molar-refractivity contribution < 1.29 is 0 Å². The fourth-order valence-corrected chi connectivity index (χ4v) is 1.89. The predicted molar refractivity (Wildman–Crippen MR) is 68.6 cm³/mol. The fourth-order valence-electron chi connectivity index (χ4n) is 1.64. The van der Waals surface area contributed by atoms with Gasteiger partial charge in [0, 0.05) is 6.04 Å². The quantitative estimate of drug-likeness (QED) is 0.879. The Kier molecular flexibility index (Phi) is 4.02. The number of rotatable bonds is 4. The second-order valence-electron chi connectivity index (χ2n) is 5.24. The van der Waals surface area contributed by atoms with Crippen LogP contribution in [0.2, 0.25) is 5.02 Å². The van der Waals surface area contributed by atoms with E-state index in [1.807, 2.05) is 4.68 Å². The van der Waals surface area contributed by atoms with Gasteiger partial charge >= 0.3 is 0 Å². The first-order valence-electron chi connectivity index (χ1n) is 5.79. The van der Waals surface area contributed by atoms with Gasteiger partial charge in [0.05, 0.1) is 23.0 Å². The Hall–Kier alpha value is -0.540. The molecule has 1 unspecified atom stereocenters. The smallest absolute Gasteiger partial charge is 0.0834 e. The first-order valence-corrected chi connectivity index (χ1v) is 6.17. The van der Waals surface area contributed by atoms with Crippen LogP contribution in [0.5, 0.6) is 0 Å². The van der Waals surface area contributed by atoms with Gasteiger partial charge in [-0.3, -0.25) is 4.68 Å². The van der Waals surface area contributed by atoms with E-state index in [-0.39, 0.29) is 17.5 Å². The van der Waals surface area contributed by atoms with Crippen molar-refractivity contribution in [1.82, 2.24) is 9.78 Å². The van der Waals surface area contributed by atoms with E-state index < -0.39 is 0 Å². The van der Waals surface area contributed by atoms with Crippen LogP contribution in [0.3, 0.4) is 0 Å². The Morgan fingerprint density at radius 2 is 2.06 bits per heavy atom. The molecule has 0 aromatic carbocycles. The van der Waals surface area contributed by atoms with Crippen LogP contribution in [0.4, 0.5) is 0 Å². The zero-order valence-electron chi connectivity index (χ0n) is 10.8. The lowest BCUT2D eigenvalue weighted by atomic mass is 9.80. The van der Waals surface area contributed by atoms with Gasteiger partial charge in [-0.15, -0.1) is 0 Å². The Morgan fingerprint density at radius 1 is 1.50 bits per heavy atom. The zero-order valence-corrected chi connectivity index (χ0v) is 11.5. The lowest BCUT2D eigenvalue weighted by molar-refractivity contribution is 0.263. The van der Waals surface area contributed by atoms with Crippen molar-refractivity contribution in [3.63, 3.8) is 0 Å². The first-order chi connectivity index (χ1) is 7.31. The minimum absolute atomic E-state index is 0.0241. The van der Waals surface area contributed by atoms with Gasteiger partial charge in [0.15, 0.2) is 0 Å². The van der Waals surface area contributed by atoms with Crippen molar-refractivity contribution >= 4 is 11.6 Å². The lowest BCUT2D eigenvalue weighted by Gasteiger charge is -2.31. The maximum atomic E-state index is 6.32. The number of aromatic nitrogens is 2. The molecule has 92 valence electrons. The first kappa shape index (κ1) is 13.5. The summed E-state index contributed by atoms with van der Waals surface area (Å²) < 4.78 is 1.92. The van der Waals surface area contributed by atoms with Crippen molar-refractivity contribution in [3.8, 4) is 0 Å². The van der Waals surface area contributed by atoms with Crippen molar-refractivity contribution in [2.75, 3.05) is 0 Å². The van der Waals surface area contributed by atoms with Crippen molar-refractivity contribution in [1.29, 1.82) is 0 Å². The maximum Gasteiger partial charge on any atom is 0.0834 e. The normalized spacial score (nSPS) is 14.5. The van der Waals surface area contributed by atoms with Gasteiger partial charge in [0.25, 0.3) is 0 Å². The van der Waals surface area contributed by atoms with Crippen LogP contribution in [0.15, 0.2) is 6.20 Å². The number of halogens is 1. The third kappa shape index (κ3) is 2.41. The molecule has 1 heterocycles. The minimum Gasteiger partial charge on any atom is -0.322 e. The molecule has 0 spiro atoms. The number of nitrogens with two attached hydrogens (primary N) is 1. The Balaban J connectivity index is 3.17. The Labute approximate surface area is 103 Å². The summed E-state index contributed by atoms with van der Waals surface area (Å²) in [6.07, 6.45) is 2.69. The predicted octanol–water partition coefficient (Wildman–Crippen LogP) is 3.55. The number of nitrogens with zero attached hydrogens (tertiary/aromatic N) is 2. The zero-order chi connectivity index (χ0) is 12.5. The highest BCUT2D eigenvalue weighted by Gasteiger charge is 2.30. The highest BCUT2D eigenvalue weighted by Crippen LogP contribution is 2.37. The van der Waals surface area contributed by atoms with E-state index in [2.05, 4.69) is 39.7 Å².